The molecule has 1 saturated carbocycles. The van der Waals surface area contributed by atoms with Crippen molar-refractivity contribution >= 4 is 56.3 Å². The summed E-state index contributed by atoms with van der Waals surface area (Å²) in [5.74, 6) is -0.317. The van der Waals surface area contributed by atoms with E-state index in [0.29, 0.717) is 52.0 Å². The Hall–Kier alpha value is -2.47. The molecule has 4 rings (SSSR count). The van der Waals surface area contributed by atoms with Gasteiger partial charge in [0.15, 0.2) is 0 Å². The number of nitrogens with one attached hydrogen (secondary N) is 1. The molecule has 33 heavy (non-hydrogen) atoms. The van der Waals surface area contributed by atoms with Crippen LogP contribution in [0, 0.1) is 5.92 Å². The van der Waals surface area contributed by atoms with Crippen LogP contribution in [0.15, 0.2) is 50.6 Å². The van der Waals surface area contributed by atoms with Gasteiger partial charge in [-0.25, -0.2) is 13.1 Å². The Morgan fingerprint density at radius 1 is 1.18 bits per heavy atom. The number of nitrogens with zero attached hydrogens (tertiary/aromatic N) is 1. The third-order valence-electron chi connectivity index (χ3n) is 5.85. The number of rotatable bonds is 6. The van der Waals surface area contributed by atoms with Crippen LogP contribution < -0.4 is 4.72 Å². The Balaban J connectivity index is 1.48. The predicted octanol–water partition coefficient (Wildman–Crippen LogP) is 3.70. The number of aliphatic carboxylic acids is 1. The van der Waals surface area contributed by atoms with Gasteiger partial charge in [-0.3, -0.25) is 14.5 Å². The summed E-state index contributed by atoms with van der Waals surface area (Å²) in [7, 11) is -2.16. The van der Waals surface area contributed by atoms with E-state index in [1.807, 2.05) is 0 Å². The van der Waals surface area contributed by atoms with E-state index < -0.39 is 16.0 Å². The van der Waals surface area contributed by atoms with E-state index in [9.17, 15) is 23.1 Å². The quantitative estimate of drug-likeness (QED) is 0.450. The molecule has 2 aromatic rings. The molecule has 2 heterocycles. The molecule has 0 atom stereocenters. The molecular weight excluding hydrogens is 484 g/mol. The third-order valence-corrected chi connectivity index (χ3v) is 8.61. The van der Waals surface area contributed by atoms with Gasteiger partial charge in [-0.05, 0) is 69.1 Å². The van der Waals surface area contributed by atoms with Crippen molar-refractivity contribution < 1.29 is 27.5 Å². The average Bonchev–Trinajstić information content (AvgIpc) is 3.38. The zero-order valence-electron chi connectivity index (χ0n) is 17.7. The van der Waals surface area contributed by atoms with Gasteiger partial charge in [0.25, 0.3) is 5.91 Å². The first-order valence-electron chi connectivity index (χ1n) is 10.3. The van der Waals surface area contributed by atoms with Crippen LogP contribution in [0.1, 0.15) is 31.4 Å². The van der Waals surface area contributed by atoms with Gasteiger partial charge in [-0.2, -0.15) is 0 Å². The second kappa shape index (κ2) is 9.41. The van der Waals surface area contributed by atoms with Crippen LogP contribution in [-0.2, 0) is 19.6 Å². The molecule has 0 radical (unpaired) electrons. The minimum absolute atomic E-state index is 0.0847. The normalized spacial score (nSPS) is 22.8. The number of carbonyl (C=O) groups is 2. The molecule has 1 aromatic carbocycles. The third kappa shape index (κ3) is 4.91. The number of hydrogen-bond acceptors (Lipinski definition) is 7. The van der Waals surface area contributed by atoms with E-state index in [2.05, 4.69) is 4.72 Å². The van der Waals surface area contributed by atoms with Crippen LogP contribution in [0.3, 0.4) is 0 Å². The second-order valence-electron chi connectivity index (χ2n) is 7.83. The molecule has 1 aliphatic heterocycles. The lowest BCUT2D eigenvalue weighted by atomic mass is 9.85. The van der Waals surface area contributed by atoms with Crippen LogP contribution >= 0.6 is 24.0 Å². The molecule has 174 valence electrons. The number of amides is 1. The zero-order chi connectivity index (χ0) is 23.8. The SMILES string of the molecule is CNS(=O)(=O)c1ccc(-c2ccc(C=C3SC(=S)N(C4CCC(C(=O)O)CC4)C3=O)o2)cc1. The molecule has 11 heteroatoms. The number of carboxylic acid groups (broad SMARTS) is 1. The molecule has 2 N–H and O–H groups in total. The van der Waals surface area contributed by atoms with Crippen LogP contribution in [0.25, 0.3) is 17.4 Å². The van der Waals surface area contributed by atoms with Crippen molar-refractivity contribution in [2.24, 2.45) is 5.92 Å². The molecule has 0 spiro atoms. The van der Waals surface area contributed by atoms with Gasteiger partial charge in [0.2, 0.25) is 10.0 Å². The Bertz CT molecular complexity index is 1230. The summed E-state index contributed by atoms with van der Waals surface area (Å²) in [6, 6.07) is 9.69. The van der Waals surface area contributed by atoms with Gasteiger partial charge in [0.05, 0.1) is 15.7 Å². The fourth-order valence-corrected chi connectivity index (χ4v) is 6.12. The fraction of sp³-hybridized carbons (Fsp3) is 0.318. The fourth-order valence-electron chi connectivity index (χ4n) is 4.01. The Labute approximate surface area is 201 Å². The van der Waals surface area contributed by atoms with Gasteiger partial charge >= 0.3 is 5.97 Å². The highest BCUT2D eigenvalue weighted by atomic mass is 32.2. The first-order valence-corrected chi connectivity index (χ1v) is 13.0. The predicted molar refractivity (Wildman–Crippen MR) is 129 cm³/mol. The number of thiocarbonyl (C=S) groups is 1. The summed E-state index contributed by atoms with van der Waals surface area (Å²) in [6.07, 6.45) is 3.94. The summed E-state index contributed by atoms with van der Waals surface area (Å²) in [4.78, 5) is 26.4. The minimum atomic E-state index is -3.52. The topological polar surface area (TPSA) is 117 Å². The van der Waals surface area contributed by atoms with E-state index in [0.717, 1.165) is 0 Å². The van der Waals surface area contributed by atoms with Crippen LogP contribution in [0.4, 0.5) is 0 Å². The highest BCUT2D eigenvalue weighted by Gasteiger charge is 2.39. The van der Waals surface area contributed by atoms with E-state index >= 15 is 0 Å². The zero-order valence-corrected chi connectivity index (χ0v) is 20.1. The molecule has 0 unspecified atom stereocenters. The van der Waals surface area contributed by atoms with Gasteiger partial charge < -0.3 is 9.52 Å². The minimum Gasteiger partial charge on any atom is -0.481 e. The molecular formula is C22H22N2O6S3. The smallest absolute Gasteiger partial charge is 0.306 e. The number of carboxylic acids is 1. The number of thioether (sulfide) groups is 1. The van der Waals surface area contributed by atoms with Crippen molar-refractivity contribution in [2.45, 2.75) is 36.6 Å². The number of furan rings is 1. The van der Waals surface area contributed by atoms with Crippen molar-refractivity contribution in [3.63, 3.8) is 0 Å². The number of carbonyl (C=O) groups excluding carboxylic acids is 1. The largest absolute Gasteiger partial charge is 0.481 e. The van der Waals surface area contributed by atoms with E-state index in [1.54, 1.807) is 35.2 Å². The standard InChI is InChI=1S/C22H22N2O6S3/c1-23-33(28,29)17-9-4-13(5-10-17)18-11-8-16(30-18)12-19-20(25)24(22(31)32-19)15-6-2-14(3-7-15)21(26)27/h4-5,8-12,14-15,23H,2-3,6-7H2,1H3,(H,26,27). The molecule has 1 saturated heterocycles. The summed E-state index contributed by atoms with van der Waals surface area (Å²) in [5.41, 5.74) is 0.701. The maximum Gasteiger partial charge on any atom is 0.306 e. The lowest BCUT2D eigenvalue weighted by Gasteiger charge is -2.32. The monoisotopic (exact) mass is 506 g/mol. The van der Waals surface area contributed by atoms with Gasteiger partial charge in [0, 0.05) is 17.7 Å². The van der Waals surface area contributed by atoms with E-state index in [4.69, 9.17) is 16.6 Å². The van der Waals surface area contributed by atoms with Crippen molar-refractivity contribution in [2.75, 3.05) is 7.05 Å². The molecule has 2 aliphatic rings. The lowest BCUT2D eigenvalue weighted by Crippen LogP contribution is -2.41. The molecule has 2 fully saturated rings. The highest BCUT2D eigenvalue weighted by molar-refractivity contribution is 8.26. The number of hydrogen-bond donors (Lipinski definition) is 2. The Morgan fingerprint density at radius 3 is 2.45 bits per heavy atom. The van der Waals surface area contributed by atoms with Crippen LogP contribution in [-0.4, -0.2) is 47.7 Å². The number of benzene rings is 1. The first kappa shape index (κ1) is 23.7. The summed E-state index contributed by atoms with van der Waals surface area (Å²) in [5, 5.41) is 9.19. The van der Waals surface area contributed by atoms with Crippen LogP contribution in [0.5, 0.6) is 0 Å². The molecule has 8 nitrogen and oxygen atoms in total. The molecule has 1 aliphatic carbocycles. The number of sulfonamides is 1. The molecule has 1 aromatic heterocycles. The lowest BCUT2D eigenvalue weighted by molar-refractivity contribution is -0.143. The average molecular weight is 507 g/mol. The molecule has 0 bridgehead atoms. The van der Waals surface area contributed by atoms with Crippen LogP contribution in [0.2, 0.25) is 0 Å². The van der Waals surface area contributed by atoms with Crippen molar-refractivity contribution in [3.05, 3.63) is 47.1 Å². The summed E-state index contributed by atoms with van der Waals surface area (Å²) >= 11 is 6.64. The maximum atomic E-state index is 13.0. The summed E-state index contributed by atoms with van der Waals surface area (Å²) < 4.78 is 32.3. The van der Waals surface area contributed by atoms with E-state index in [-0.39, 0.29) is 22.8 Å². The van der Waals surface area contributed by atoms with Gasteiger partial charge in [-0.1, -0.05) is 24.0 Å². The Kier molecular flexibility index (Phi) is 6.76. The van der Waals surface area contributed by atoms with Crippen molar-refractivity contribution in [1.29, 1.82) is 0 Å². The van der Waals surface area contributed by atoms with Gasteiger partial charge in [-0.15, -0.1) is 0 Å². The van der Waals surface area contributed by atoms with Crippen molar-refractivity contribution in [1.82, 2.24) is 9.62 Å². The second-order valence-corrected chi connectivity index (χ2v) is 11.4. The maximum absolute atomic E-state index is 13.0. The summed E-state index contributed by atoms with van der Waals surface area (Å²) in [6.45, 7) is 0. The first-order chi connectivity index (χ1) is 15.7. The molecule has 1 amide bonds. The van der Waals surface area contributed by atoms with E-state index in [1.165, 1.54) is 30.9 Å². The van der Waals surface area contributed by atoms with Gasteiger partial charge in [0.1, 0.15) is 15.8 Å². The highest BCUT2D eigenvalue weighted by Crippen LogP contribution is 2.38. The Morgan fingerprint density at radius 2 is 1.85 bits per heavy atom. The van der Waals surface area contributed by atoms with Crippen molar-refractivity contribution in [3.8, 4) is 11.3 Å².